The van der Waals surface area contributed by atoms with Gasteiger partial charge >= 0.3 is 5.97 Å². The van der Waals surface area contributed by atoms with Crippen LogP contribution in [0.1, 0.15) is 27.7 Å². The lowest BCUT2D eigenvalue weighted by Crippen LogP contribution is -2.33. The highest BCUT2D eigenvalue weighted by Crippen LogP contribution is 2.30. The Morgan fingerprint density at radius 3 is 2.68 bits per heavy atom. The van der Waals surface area contributed by atoms with Gasteiger partial charge < -0.3 is 15.0 Å². The lowest BCUT2D eigenvalue weighted by atomic mass is 10.0. The minimum absolute atomic E-state index is 0.101. The number of fused-ring (bicyclic) bond motifs is 3. The highest BCUT2D eigenvalue weighted by molar-refractivity contribution is 5.87. The van der Waals surface area contributed by atoms with Gasteiger partial charge in [0, 0.05) is 24.3 Å². The lowest BCUT2D eigenvalue weighted by molar-refractivity contribution is 0.0697. The second kappa shape index (κ2) is 5.00. The van der Waals surface area contributed by atoms with Gasteiger partial charge in [-0.1, -0.05) is 30.3 Å². The number of aromatic carboxylic acids is 1. The summed E-state index contributed by atoms with van der Waals surface area (Å²) >= 11 is 0. The van der Waals surface area contributed by atoms with Crippen LogP contribution in [0.15, 0.2) is 54.6 Å². The van der Waals surface area contributed by atoms with Gasteiger partial charge in [0.1, 0.15) is 0 Å². The molecule has 4 heteroatoms. The molecule has 110 valence electrons. The van der Waals surface area contributed by atoms with Crippen LogP contribution in [-0.2, 0) is 6.54 Å². The normalized spacial score (nSPS) is 17.4. The van der Waals surface area contributed by atoms with Gasteiger partial charge in [-0.15, -0.1) is 0 Å². The maximum Gasteiger partial charge on any atom is 0.335 e. The highest BCUT2D eigenvalue weighted by atomic mass is 16.4. The van der Waals surface area contributed by atoms with Crippen LogP contribution >= 0.6 is 0 Å². The van der Waals surface area contributed by atoms with E-state index in [2.05, 4.69) is 40.2 Å². The number of aromatic nitrogens is 1. The first-order valence-electron chi connectivity index (χ1n) is 7.39. The average molecular weight is 292 g/mol. The van der Waals surface area contributed by atoms with Crippen molar-refractivity contribution < 1.29 is 9.90 Å². The fourth-order valence-electron chi connectivity index (χ4n) is 3.25. The number of benzene rings is 2. The van der Waals surface area contributed by atoms with Gasteiger partial charge in [-0.2, -0.15) is 0 Å². The third-order valence-electron chi connectivity index (χ3n) is 4.31. The molecule has 2 N–H and O–H groups in total. The zero-order valence-electron chi connectivity index (χ0n) is 12.0. The first-order chi connectivity index (χ1) is 10.7. The number of carboxylic acid groups (broad SMARTS) is 1. The minimum Gasteiger partial charge on any atom is -0.478 e. The van der Waals surface area contributed by atoms with E-state index in [1.54, 1.807) is 12.1 Å². The maximum absolute atomic E-state index is 11.0. The number of carbonyl (C=O) groups is 1. The Bertz CT molecular complexity index is 849. The van der Waals surface area contributed by atoms with Crippen LogP contribution in [0.2, 0.25) is 0 Å². The fourth-order valence-corrected chi connectivity index (χ4v) is 3.25. The molecule has 1 atom stereocenters. The van der Waals surface area contributed by atoms with Gasteiger partial charge in [0.15, 0.2) is 0 Å². The van der Waals surface area contributed by atoms with Gasteiger partial charge in [-0.3, -0.25) is 0 Å². The zero-order valence-corrected chi connectivity index (χ0v) is 12.0. The van der Waals surface area contributed by atoms with Crippen LogP contribution in [0.5, 0.6) is 0 Å². The Balaban J connectivity index is 1.80. The van der Waals surface area contributed by atoms with E-state index >= 15 is 0 Å². The molecule has 3 aromatic rings. The molecular weight excluding hydrogens is 276 g/mol. The van der Waals surface area contributed by atoms with Crippen LogP contribution in [0.4, 0.5) is 0 Å². The summed E-state index contributed by atoms with van der Waals surface area (Å²) in [6.45, 7) is 1.85. The molecule has 1 aliphatic heterocycles. The summed E-state index contributed by atoms with van der Waals surface area (Å²) in [7, 11) is 0. The second-order valence-corrected chi connectivity index (χ2v) is 5.59. The SMILES string of the molecule is O=C(O)c1ccc(C2NCCn3c2cc2ccccc23)cc1. The third-order valence-corrected chi connectivity index (χ3v) is 4.31. The van der Waals surface area contributed by atoms with Gasteiger partial charge in [-0.25, -0.2) is 4.79 Å². The summed E-state index contributed by atoms with van der Waals surface area (Å²) in [5.41, 5.74) is 3.90. The van der Waals surface area contributed by atoms with Crippen molar-refractivity contribution in [1.29, 1.82) is 0 Å². The van der Waals surface area contributed by atoms with Crippen molar-refractivity contribution in [1.82, 2.24) is 9.88 Å². The fraction of sp³-hybridized carbons (Fsp3) is 0.167. The predicted octanol–water partition coefficient (Wildman–Crippen LogP) is 3.03. The van der Waals surface area contributed by atoms with Crippen molar-refractivity contribution in [2.24, 2.45) is 0 Å². The largest absolute Gasteiger partial charge is 0.478 e. The number of nitrogens with zero attached hydrogens (tertiary/aromatic N) is 1. The van der Waals surface area contributed by atoms with Crippen LogP contribution in [0.3, 0.4) is 0 Å². The van der Waals surface area contributed by atoms with E-state index in [1.165, 1.54) is 16.6 Å². The summed E-state index contributed by atoms with van der Waals surface area (Å²) in [5.74, 6) is -0.891. The molecule has 0 amide bonds. The van der Waals surface area contributed by atoms with E-state index in [4.69, 9.17) is 5.11 Å². The molecule has 1 aromatic heterocycles. The molecule has 22 heavy (non-hydrogen) atoms. The van der Waals surface area contributed by atoms with Crippen molar-refractivity contribution >= 4 is 16.9 Å². The lowest BCUT2D eigenvalue weighted by Gasteiger charge is -2.27. The number of para-hydroxylation sites is 1. The summed E-state index contributed by atoms with van der Waals surface area (Å²) in [5, 5.41) is 13.8. The Labute approximate surface area is 128 Å². The molecule has 0 fully saturated rings. The Morgan fingerprint density at radius 1 is 1.14 bits per heavy atom. The molecule has 1 unspecified atom stereocenters. The molecule has 4 rings (SSSR count). The molecule has 0 bridgehead atoms. The molecule has 0 saturated heterocycles. The number of nitrogens with one attached hydrogen (secondary N) is 1. The van der Waals surface area contributed by atoms with E-state index < -0.39 is 5.97 Å². The second-order valence-electron chi connectivity index (χ2n) is 5.59. The van der Waals surface area contributed by atoms with E-state index in [1.807, 2.05) is 12.1 Å². The number of hydrogen-bond acceptors (Lipinski definition) is 2. The van der Waals surface area contributed by atoms with E-state index in [-0.39, 0.29) is 6.04 Å². The van der Waals surface area contributed by atoms with Crippen molar-refractivity contribution in [2.75, 3.05) is 6.54 Å². The molecule has 1 aliphatic rings. The van der Waals surface area contributed by atoms with E-state index in [0.29, 0.717) is 5.56 Å². The maximum atomic E-state index is 11.0. The van der Waals surface area contributed by atoms with Gasteiger partial charge in [0.05, 0.1) is 11.6 Å². The number of rotatable bonds is 2. The first-order valence-corrected chi connectivity index (χ1v) is 7.39. The predicted molar refractivity (Wildman–Crippen MR) is 85.2 cm³/mol. The first kappa shape index (κ1) is 13.1. The zero-order chi connectivity index (χ0) is 15.1. The van der Waals surface area contributed by atoms with Crippen molar-refractivity contribution in [3.63, 3.8) is 0 Å². The van der Waals surface area contributed by atoms with Gasteiger partial charge in [0.2, 0.25) is 0 Å². The average Bonchev–Trinajstić information content (AvgIpc) is 2.93. The molecule has 0 aliphatic carbocycles. The summed E-state index contributed by atoms with van der Waals surface area (Å²) < 4.78 is 2.35. The minimum atomic E-state index is -0.891. The standard InChI is InChI=1S/C18H16N2O2/c21-18(22)13-7-5-12(6-8-13)17-16-11-14-3-1-2-4-15(14)20(16)10-9-19-17/h1-8,11,17,19H,9-10H2,(H,21,22). The Kier molecular flexibility index (Phi) is 2.98. The van der Waals surface area contributed by atoms with Crippen molar-refractivity contribution in [2.45, 2.75) is 12.6 Å². The summed E-state index contributed by atoms with van der Waals surface area (Å²) in [4.78, 5) is 11.0. The Morgan fingerprint density at radius 2 is 1.91 bits per heavy atom. The molecule has 2 heterocycles. The highest BCUT2D eigenvalue weighted by Gasteiger charge is 2.23. The van der Waals surface area contributed by atoms with Crippen LogP contribution in [0.25, 0.3) is 10.9 Å². The topological polar surface area (TPSA) is 54.3 Å². The molecule has 0 radical (unpaired) electrons. The monoisotopic (exact) mass is 292 g/mol. The van der Waals surface area contributed by atoms with E-state index in [9.17, 15) is 4.79 Å². The van der Waals surface area contributed by atoms with Gasteiger partial charge in [0.25, 0.3) is 0 Å². The van der Waals surface area contributed by atoms with Crippen molar-refractivity contribution in [3.8, 4) is 0 Å². The quantitative estimate of drug-likeness (QED) is 0.763. The molecule has 0 saturated carbocycles. The van der Waals surface area contributed by atoms with E-state index in [0.717, 1.165) is 18.7 Å². The van der Waals surface area contributed by atoms with Gasteiger partial charge in [-0.05, 0) is 35.2 Å². The summed E-state index contributed by atoms with van der Waals surface area (Å²) in [6.07, 6.45) is 0. The molecule has 2 aromatic carbocycles. The smallest absolute Gasteiger partial charge is 0.335 e. The summed E-state index contributed by atoms with van der Waals surface area (Å²) in [6, 6.07) is 17.8. The van der Waals surface area contributed by atoms with Crippen LogP contribution < -0.4 is 5.32 Å². The third kappa shape index (κ3) is 2.00. The Hall–Kier alpha value is -2.59. The van der Waals surface area contributed by atoms with Crippen LogP contribution in [0, 0.1) is 0 Å². The number of carboxylic acids is 1. The van der Waals surface area contributed by atoms with Crippen molar-refractivity contribution in [3.05, 3.63) is 71.4 Å². The molecule has 0 spiro atoms. The number of hydrogen-bond donors (Lipinski definition) is 2. The molecule has 4 nitrogen and oxygen atoms in total. The molecular formula is C18H16N2O2. The van der Waals surface area contributed by atoms with Crippen LogP contribution in [-0.4, -0.2) is 22.2 Å².